The molecule has 2 aliphatic heterocycles. The van der Waals surface area contributed by atoms with Gasteiger partial charge in [-0.2, -0.15) is 0 Å². The van der Waals surface area contributed by atoms with Crippen LogP contribution in [0.3, 0.4) is 0 Å². The third kappa shape index (κ3) is 40.1. The molecule has 0 spiro atoms. The summed E-state index contributed by atoms with van der Waals surface area (Å²) in [6, 6.07) is 0. The van der Waals surface area contributed by atoms with Crippen LogP contribution in [0.25, 0.3) is 0 Å². The maximum absolute atomic E-state index is 14.4. The van der Waals surface area contributed by atoms with Gasteiger partial charge >= 0.3 is 25.7 Å². The van der Waals surface area contributed by atoms with Crippen LogP contribution in [-0.2, 0) is 61.2 Å². The summed E-state index contributed by atoms with van der Waals surface area (Å²) in [5, 5.41) is 110. The van der Waals surface area contributed by atoms with Gasteiger partial charge in [-0.1, -0.05) is 291 Å². The number of hydrogen-bond donors (Lipinski definition) is 11. The molecule has 2 heterocycles. The van der Waals surface area contributed by atoms with Crippen LogP contribution >= 0.6 is 7.82 Å². The molecule has 25 heteroatoms. The molecule has 0 aromatic rings. The van der Waals surface area contributed by atoms with Crippen LogP contribution in [0, 0.1) is 5.92 Å². The van der Waals surface area contributed by atoms with E-state index in [0.717, 1.165) is 89.9 Å². The number of esters is 3. The summed E-state index contributed by atoms with van der Waals surface area (Å²) in [5.74, 6) is -1.27. The Kier molecular flexibility index (Phi) is 52.7. The largest absolute Gasteiger partial charge is 0.472 e. The Hall–Kier alpha value is -2.04. The molecular weight excluding hydrogens is 1330 g/mol. The molecule has 3 fully saturated rings. The molecule has 24 nitrogen and oxygen atoms in total. The Morgan fingerprint density at radius 3 is 1.07 bits per heavy atom. The predicted molar refractivity (Wildman–Crippen MR) is 384 cm³/mol. The first-order valence-electron chi connectivity index (χ1n) is 40.2. The molecule has 1 aliphatic carbocycles. The minimum absolute atomic E-state index is 0.0311. The standard InChI is InChI=1S/C76H143O24P/c1-5-8-11-14-17-19-21-23-25-27-29-31-33-39-44-49-60(78)92-53-57(95-62(80)51-46-41-34-32-30-28-26-24-22-20-18-15-12-9-6-2)54-94-101(90,91)100-74-72(98-75-70(88)65(83)63(81)58(52-77)96-75)68(86)67(85)69(87)73(74)99-76-71(89)66(84)64(82)59(97-76)55-93-61(79)50-45-40-36-35-38-43-48-56(4)47-42-37-16-13-10-7-3/h56-59,63-77,81-89H,5-55H2,1-4H3,(H,90,91). The van der Waals surface area contributed by atoms with Crippen LogP contribution in [-0.4, -0.2) is 204 Å². The third-order valence-electron chi connectivity index (χ3n) is 20.3. The van der Waals surface area contributed by atoms with Gasteiger partial charge in [-0.3, -0.25) is 23.4 Å². The summed E-state index contributed by atoms with van der Waals surface area (Å²) in [6.45, 7) is 5.82. The van der Waals surface area contributed by atoms with E-state index in [4.69, 9.17) is 42.2 Å². The van der Waals surface area contributed by atoms with Crippen LogP contribution in [0.4, 0.5) is 0 Å². The highest BCUT2D eigenvalue weighted by atomic mass is 31.2. The van der Waals surface area contributed by atoms with Crippen molar-refractivity contribution >= 4 is 25.7 Å². The van der Waals surface area contributed by atoms with Crippen LogP contribution < -0.4 is 0 Å². The van der Waals surface area contributed by atoms with Crippen LogP contribution in [0.1, 0.15) is 329 Å². The number of aliphatic hydroxyl groups is 10. The van der Waals surface area contributed by atoms with Gasteiger partial charge in [-0.25, -0.2) is 4.57 Å². The monoisotopic (exact) mass is 1470 g/mol. The highest BCUT2D eigenvalue weighted by molar-refractivity contribution is 7.47. The topological polar surface area (TPSA) is 374 Å². The van der Waals surface area contributed by atoms with Gasteiger partial charge in [0.1, 0.15) is 98.7 Å². The van der Waals surface area contributed by atoms with Gasteiger partial charge < -0.3 is 89.1 Å². The summed E-state index contributed by atoms with van der Waals surface area (Å²) in [6.07, 6.45) is 14.3. The van der Waals surface area contributed by atoms with Crippen molar-refractivity contribution in [3.63, 3.8) is 0 Å². The maximum Gasteiger partial charge on any atom is 0.472 e. The second-order valence-corrected chi connectivity index (χ2v) is 30.8. The minimum atomic E-state index is -5.70. The summed E-state index contributed by atoms with van der Waals surface area (Å²) in [7, 11) is -5.70. The molecular formula is C76H143O24P. The first-order chi connectivity index (χ1) is 48.7. The number of aliphatic hydroxyl groups excluding tert-OH is 10. The second-order valence-electron chi connectivity index (χ2n) is 29.4. The summed E-state index contributed by atoms with van der Waals surface area (Å²) < 4.78 is 65.2. The number of rotatable bonds is 63. The van der Waals surface area contributed by atoms with Crippen molar-refractivity contribution in [2.45, 2.75) is 434 Å². The van der Waals surface area contributed by atoms with Crippen molar-refractivity contribution in [3.8, 4) is 0 Å². The SMILES string of the molecule is CCCCCCCCCCCCCCCCCC(=O)OCC(COP(=O)(O)OC1C(OC2OC(CO)C(O)C(O)C2O)C(O)C(O)C(O)C1OC1OC(COC(=O)CCCCCCCCC(C)CCCCCCCC)C(O)C(O)C1O)OC(=O)CCCCCCCCCCCCCCCCC. The van der Waals surface area contributed by atoms with Crippen molar-refractivity contribution in [1.29, 1.82) is 0 Å². The van der Waals surface area contributed by atoms with Gasteiger partial charge in [0.15, 0.2) is 18.7 Å². The maximum atomic E-state index is 14.4. The Balaban J connectivity index is 1.71. The van der Waals surface area contributed by atoms with E-state index in [1.54, 1.807) is 0 Å². The number of phosphoric acid groups is 1. The zero-order valence-electron chi connectivity index (χ0n) is 62.6. The van der Waals surface area contributed by atoms with Gasteiger partial charge in [0, 0.05) is 19.3 Å². The van der Waals surface area contributed by atoms with Crippen LogP contribution in [0.5, 0.6) is 0 Å². The van der Waals surface area contributed by atoms with Gasteiger partial charge in [-0.15, -0.1) is 0 Å². The van der Waals surface area contributed by atoms with Gasteiger partial charge in [0.2, 0.25) is 0 Å². The van der Waals surface area contributed by atoms with Crippen molar-refractivity contribution in [1.82, 2.24) is 0 Å². The van der Waals surface area contributed by atoms with Gasteiger partial charge in [0.05, 0.1) is 13.2 Å². The number of ether oxygens (including phenoxy) is 7. The summed E-state index contributed by atoms with van der Waals surface area (Å²) >= 11 is 0. The molecule has 596 valence electrons. The van der Waals surface area contributed by atoms with E-state index >= 15 is 0 Å². The van der Waals surface area contributed by atoms with E-state index in [1.807, 2.05) is 0 Å². The first kappa shape index (κ1) is 93.2. The average molecular weight is 1470 g/mol. The highest BCUT2D eigenvalue weighted by Gasteiger charge is 2.58. The summed E-state index contributed by atoms with van der Waals surface area (Å²) in [4.78, 5) is 51.2. The van der Waals surface area contributed by atoms with Crippen LogP contribution in [0.15, 0.2) is 0 Å². The Labute approximate surface area is 606 Å². The Bertz CT molecular complexity index is 2100. The first-order valence-corrected chi connectivity index (χ1v) is 41.7. The molecule has 19 atom stereocenters. The second kappa shape index (κ2) is 57.1. The lowest BCUT2D eigenvalue weighted by Crippen LogP contribution is -2.69. The average Bonchev–Trinajstić information content (AvgIpc) is 0.762. The fourth-order valence-electron chi connectivity index (χ4n) is 13.7. The molecule has 19 unspecified atom stereocenters. The molecule has 101 heavy (non-hydrogen) atoms. The van der Waals surface area contributed by atoms with Gasteiger partial charge in [0.25, 0.3) is 0 Å². The van der Waals surface area contributed by atoms with E-state index in [9.17, 15) is 74.9 Å². The molecule has 0 aromatic heterocycles. The Morgan fingerprint density at radius 2 is 0.693 bits per heavy atom. The van der Waals surface area contributed by atoms with E-state index < -0.39 is 156 Å². The zero-order valence-corrected chi connectivity index (χ0v) is 63.5. The quantitative estimate of drug-likeness (QED) is 0.0117. The molecule has 2 saturated heterocycles. The Morgan fingerprint density at radius 1 is 0.376 bits per heavy atom. The number of hydrogen-bond acceptors (Lipinski definition) is 23. The van der Waals surface area contributed by atoms with E-state index in [0.29, 0.717) is 25.2 Å². The van der Waals surface area contributed by atoms with Crippen molar-refractivity contribution in [3.05, 3.63) is 0 Å². The molecule has 0 aromatic carbocycles. The fourth-order valence-corrected chi connectivity index (χ4v) is 14.6. The number of phosphoric ester groups is 1. The summed E-state index contributed by atoms with van der Waals surface area (Å²) in [5.41, 5.74) is 0. The van der Waals surface area contributed by atoms with E-state index in [-0.39, 0.29) is 19.3 Å². The molecule has 3 aliphatic rings. The minimum Gasteiger partial charge on any atom is -0.463 e. The smallest absolute Gasteiger partial charge is 0.463 e. The lowest BCUT2D eigenvalue weighted by molar-refractivity contribution is -0.360. The highest BCUT2D eigenvalue weighted by Crippen LogP contribution is 2.49. The van der Waals surface area contributed by atoms with Gasteiger partial charge in [-0.05, 0) is 25.2 Å². The van der Waals surface area contributed by atoms with E-state index in [1.165, 1.54) is 173 Å². The number of carbonyl (C=O) groups is 3. The molecule has 0 amide bonds. The normalized spacial score (nSPS) is 27.4. The van der Waals surface area contributed by atoms with Crippen LogP contribution in [0.2, 0.25) is 0 Å². The zero-order chi connectivity index (χ0) is 74.1. The third-order valence-corrected chi connectivity index (χ3v) is 21.3. The molecule has 0 bridgehead atoms. The molecule has 0 radical (unpaired) electrons. The number of unbranched alkanes of at least 4 members (excludes halogenated alkanes) is 38. The lowest BCUT2D eigenvalue weighted by atomic mass is 9.84. The molecule has 11 N–H and O–H groups in total. The molecule has 1 saturated carbocycles. The van der Waals surface area contributed by atoms with Crippen molar-refractivity contribution in [2.75, 3.05) is 26.4 Å². The van der Waals surface area contributed by atoms with Crippen molar-refractivity contribution in [2.24, 2.45) is 5.92 Å². The molecule has 3 rings (SSSR count). The van der Waals surface area contributed by atoms with E-state index in [2.05, 4.69) is 27.7 Å². The predicted octanol–water partition coefficient (Wildman–Crippen LogP) is 12.0. The lowest BCUT2D eigenvalue weighted by Gasteiger charge is -2.49. The van der Waals surface area contributed by atoms with Crippen molar-refractivity contribution < 1.29 is 117 Å². The number of carbonyl (C=O) groups excluding carboxylic acids is 3. The fraction of sp³-hybridized carbons (Fsp3) is 0.961.